The van der Waals surface area contributed by atoms with Crippen molar-refractivity contribution >= 4 is 58.0 Å². The zero-order valence-corrected chi connectivity index (χ0v) is 10.5. The van der Waals surface area contributed by atoms with E-state index in [0.29, 0.717) is 0 Å². The topological polar surface area (TPSA) is 9.23 Å². The first-order valence-electron chi connectivity index (χ1n) is 3.30. The summed E-state index contributed by atoms with van der Waals surface area (Å²) in [5.41, 5.74) is 0. The Hall–Kier alpha value is 1.06. The molecule has 0 heterocycles. The summed E-state index contributed by atoms with van der Waals surface area (Å²) in [5, 5.41) is -7.90. The Morgan fingerprint density at radius 1 is 0.875 bits per heavy atom. The molecule has 1 unspecified atom stereocenters. The molecule has 1 atom stereocenters. The van der Waals surface area contributed by atoms with Gasteiger partial charge in [0.25, 0.3) is 8.85 Å². The maximum absolute atomic E-state index is 13.2. The van der Waals surface area contributed by atoms with Crippen molar-refractivity contribution in [2.45, 2.75) is 26.0 Å². The summed E-state index contributed by atoms with van der Waals surface area (Å²) in [6.07, 6.45) is 0. The number of ether oxygens (including phenoxy) is 1. The maximum atomic E-state index is 13.2. The van der Waals surface area contributed by atoms with Gasteiger partial charge in [0.1, 0.15) is 0 Å². The highest BCUT2D eigenvalue weighted by molar-refractivity contribution is 6.70. The van der Waals surface area contributed by atoms with E-state index in [9.17, 15) is 22.0 Å². The third kappa shape index (κ3) is 1.77. The van der Waals surface area contributed by atoms with Crippen molar-refractivity contribution in [1.82, 2.24) is 0 Å². The first-order chi connectivity index (χ1) is 6.71. The molecule has 0 aromatic rings. The SMILES string of the molecule is FC(Cl)(OC1(Cl)C(F)(F)C1(F)F)C(Cl)(Cl)Cl. The summed E-state index contributed by atoms with van der Waals surface area (Å²) in [6.45, 7) is 0. The molecule has 1 aliphatic carbocycles. The normalized spacial score (nSPS) is 29.6. The largest absolute Gasteiger partial charge is 0.363 e. The average Bonchev–Trinajstić information content (AvgIpc) is 2.25. The first-order valence-corrected chi connectivity index (χ1v) is 5.19. The zero-order chi connectivity index (χ0) is 13.2. The third-order valence-corrected chi connectivity index (χ3v) is 3.67. The minimum atomic E-state index is -4.82. The molecule has 1 rings (SSSR count). The van der Waals surface area contributed by atoms with Crippen molar-refractivity contribution in [1.29, 1.82) is 0 Å². The summed E-state index contributed by atoms with van der Waals surface area (Å²) >= 11 is 24.1. The fraction of sp³-hybridized carbons (Fsp3) is 1.00. The van der Waals surface area contributed by atoms with Crippen LogP contribution in [0, 0.1) is 0 Å². The Morgan fingerprint density at radius 2 is 1.19 bits per heavy atom. The molecule has 1 aliphatic rings. The standard InChI is InChI=1S/C5Cl5F5O/c6-1(2(11,12)3(1,13)14)16-5(10,15)4(7,8)9. The lowest BCUT2D eigenvalue weighted by Crippen LogP contribution is -2.40. The molecule has 1 saturated carbocycles. The van der Waals surface area contributed by atoms with Crippen LogP contribution in [0.5, 0.6) is 0 Å². The Balaban J connectivity index is 2.94. The van der Waals surface area contributed by atoms with Crippen LogP contribution >= 0.6 is 58.0 Å². The molecule has 1 nitrogen and oxygen atoms in total. The zero-order valence-electron chi connectivity index (χ0n) is 6.69. The van der Waals surface area contributed by atoms with Gasteiger partial charge in [-0.1, -0.05) is 46.4 Å². The van der Waals surface area contributed by atoms with Crippen LogP contribution in [-0.2, 0) is 4.74 Å². The van der Waals surface area contributed by atoms with Gasteiger partial charge >= 0.3 is 17.2 Å². The molecule has 16 heavy (non-hydrogen) atoms. The van der Waals surface area contributed by atoms with Crippen molar-refractivity contribution in [2.24, 2.45) is 0 Å². The minimum absolute atomic E-state index is 3.08. The van der Waals surface area contributed by atoms with Crippen LogP contribution in [0.2, 0.25) is 0 Å². The van der Waals surface area contributed by atoms with Crippen molar-refractivity contribution in [3.63, 3.8) is 0 Å². The molecular weight excluding hydrogens is 348 g/mol. The lowest BCUT2D eigenvalue weighted by atomic mass is 10.7. The summed E-state index contributed by atoms with van der Waals surface area (Å²) in [4.78, 5) is 0. The molecule has 0 spiro atoms. The second-order valence-electron chi connectivity index (χ2n) is 2.86. The van der Waals surface area contributed by atoms with Gasteiger partial charge in [-0.2, -0.15) is 22.0 Å². The van der Waals surface area contributed by atoms with E-state index >= 15 is 0 Å². The molecule has 0 N–H and O–H groups in total. The van der Waals surface area contributed by atoms with Crippen LogP contribution < -0.4 is 0 Å². The predicted octanol–water partition coefficient (Wildman–Crippen LogP) is 4.45. The molecule has 0 aromatic heterocycles. The van der Waals surface area contributed by atoms with E-state index in [4.69, 9.17) is 58.0 Å². The van der Waals surface area contributed by atoms with Crippen LogP contribution in [0.15, 0.2) is 0 Å². The van der Waals surface area contributed by atoms with Gasteiger partial charge in [-0.15, -0.1) is 0 Å². The highest BCUT2D eigenvalue weighted by Crippen LogP contribution is 2.72. The highest BCUT2D eigenvalue weighted by atomic mass is 35.6. The van der Waals surface area contributed by atoms with Crippen molar-refractivity contribution in [3.05, 3.63) is 0 Å². The summed E-state index contributed by atoms with van der Waals surface area (Å²) in [6, 6.07) is 0. The summed E-state index contributed by atoms with van der Waals surface area (Å²) in [5.74, 6) is -9.63. The first kappa shape index (κ1) is 15.1. The number of halogens is 10. The molecule has 0 saturated heterocycles. The average molecular weight is 348 g/mol. The van der Waals surface area contributed by atoms with Gasteiger partial charge < -0.3 is 0 Å². The fourth-order valence-corrected chi connectivity index (χ4v) is 1.29. The minimum Gasteiger partial charge on any atom is -0.295 e. The monoisotopic (exact) mass is 346 g/mol. The second kappa shape index (κ2) is 3.54. The summed E-state index contributed by atoms with van der Waals surface area (Å²) < 4.78 is 63.7. The van der Waals surface area contributed by atoms with Crippen molar-refractivity contribution in [2.75, 3.05) is 0 Å². The van der Waals surface area contributed by atoms with Gasteiger partial charge in [0.05, 0.1) is 0 Å². The van der Waals surface area contributed by atoms with Gasteiger partial charge in [-0.05, 0) is 11.6 Å². The van der Waals surface area contributed by atoms with Crippen molar-refractivity contribution < 1.29 is 26.7 Å². The smallest absolute Gasteiger partial charge is 0.295 e. The molecule has 0 radical (unpaired) electrons. The number of hydrogen-bond donors (Lipinski definition) is 0. The van der Waals surface area contributed by atoms with E-state index in [-0.39, 0.29) is 0 Å². The van der Waals surface area contributed by atoms with Gasteiger partial charge in [0.15, 0.2) is 0 Å². The molecular formula is C5Cl5F5O. The Morgan fingerprint density at radius 3 is 1.38 bits per heavy atom. The lowest BCUT2D eigenvalue weighted by molar-refractivity contribution is -0.139. The van der Waals surface area contributed by atoms with Crippen LogP contribution in [0.4, 0.5) is 22.0 Å². The molecule has 11 heteroatoms. The van der Waals surface area contributed by atoms with Gasteiger partial charge in [-0.3, -0.25) is 4.74 Å². The molecule has 1 fully saturated rings. The van der Waals surface area contributed by atoms with E-state index in [1.54, 1.807) is 0 Å². The molecule has 0 amide bonds. The quantitative estimate of drug-likeness (QED) is 0.529. The highest BCUT2D eigenvalue weighted by Gasteiger charge is 3.00. The van der Waals surface area contributed by atoms with Gasteiger partial charge in [0, 0.05) is 0 Å². The van der Waals surface area contributed by atoms with E-state index < -0.39 is 26.0 Å². The number of rotatable bonds is 2. The molecule has 96 valence electrons. The van der Waals surface area contributed by atoms with E-state index in [0.717, 1.165) is 0 Å². The number of hydrogen-bond acceptors (Lipinski definition) is 1. The Bertz CT molecular complexity index is 299. The predicted molar refractivity (Wildman–Crippen MR) is 49.5 cm³/mol. The fourth-order valence-electron chi connectivity index (χ4n) is 0.726. The maximum Gasteiger partial charge on any atom is 0.363 e. The summed E-state index contributed by atoms with van der Waals surface area (Å²) in [7, 11) is 0. The van der Waals surface area contributed by atoms with Crippen LogP contribution in [0.3, 0.4) is 0 Å². The Kier molecular flexibility index (Phi) is 3.35. The van der Waals surface area contributed by atoms with E-state index in [1.807, 2.05) is 0 Å². The van der Waals surface area contributed by atoms with Gasteiger partial charge in [-0.25, -0.2) is 0 Å². The third-order valence-electron chi connectivity index (χ3n) is 1.74. The lowest BCUT2D eigenvalue weighted by Gasteiger charge is -2.27. The molecule has 0 aliphatic heterocycles. The van der Waals surface area contributed by atoms with Crippen LogP contribution in [0.25, 0.3) is 0 Å². The molecule has 0 bridgehead atoms. The van der Waals surface area contributed by atoms with E-state index in [2.05, 4.69) is 4.74 Å². The molecule has 0 aromatic carbocycles. The number of alkyl halides is 10. The van der Waals surface area contributed by atoms with Crippen LogP contribution in [0.1, 0.15) is 0 Å². The Labute approximate surface area is 111 Å². The van der Waals surface area contributed by atoms with Crippen molar-refractivity contribution in [3.8, 4) is 0 Å². The van der Waals surface area contributed by atoms with Crippen LogP contribution in [-0.4, -0.2) is 26.0 Å². The van der Waals surface area contributed by atoms with E-state index in [1.165, 1.54) is 0 Å². The second-order valence-corrected chi connectivity index (χ2v) is 6.16. The van der Waals surface area contributed by atoms with Gasteiger partial charge in [0.2, 0.25) is 0 Å².